The van der Waals surface area contributed by atoms with Crippen LogP contribution in [0, 0.1) is 0 Å². The molecule has 0 radical (unpaired) electrons. The highest BCUT2D eigenvalue weighted by Gasteiger charge is 2.19. The first-order chi connectivity index (χ1) is 40.5. The van der Waals surface area contributed by atoms with Crippen molar-refractivity contribution >= 4 is 17.9 Å². The highest BCUT2D eigenvalue weighted by atomic mass is 16.6. The molecule has 0 fully saturated rings. The van der Waals surface area contributed by atoms with Crippen LogP contribution in [0.3, 0.4) is 0 Å². The van der Waals surface area contributed by atoms with Crippen LogP contribution in [-0.4, -0.2) is 37.2 Å². The Hall–Kier alpha value is -3.67. The van der Waals surface area contributed by atoms with Crippen molar-refractivity contribution in [2.75, 3.05) is 13.2 Å². The maximum atomic E-state index is 12.9. The fourth-order valence-electron chi connectivity index (χ4n) is 10.1. The Bertz CT molecular complexity index is 1590. The van der Waals surface area contributed by atoms with Gasteiger partial charge in [0.15, 0.2) is 6.10 Å². The monoisotopic (exact) mass is 1140 g/mol. The molecule has 0 aliphatic carbocycles. The van der Waals surface area contributed by atoms with Gasteiger partial charge in [-0.1, -0.05) is 330 Å². The Labute approximate surface area is 508 Å². The lowest BCUT2D eigenvalue weighted by Gasteiger charge is -2.18. The van der Waals surface area contributed by atoms with E-state index in [-0.39, 0.29) is 31.1 Å². The molecule has 472 valence electrons. The molecule has 0 spiro atoms. The minimum atomic E-state index is -0.782. The van der Waals surface area contributed by atoms with E-state index in [0.717, 1.165) is 122 Å². The molecule has 0 aliphatic rings. The minimum Gasteiger partial charge on any atom is -0.462 e. The van der Waals surface area contributed by atoms with Crippen molar-refractivity contribution in [3.05, 3.63) is 97.2 Å². The van der Waals surface area contributed by atoms with E-state index >= 15 is 0 Å². The molecule has 0 N–H and O–H groups in total. The zero-order valence-corrected chi connectivity index (χ0v) is 54.2. The normalized spacial score (nSPS) is 12.7. The van der Waals surface area contributed by atoms with Gasteiger partial charge >= 0.3 is 17.9 Å². The van der Waals surface area contributed by atoms with Crippen LogP contribution in [0.4, 0.5) is 0 Å². The SMILES string of the molecule is CC/C=C\C/C=C\C/C=C\C/C=C\C/C=C\C/C=C\C/C=C\CCCCCCCCCCCC(=O)OCC(COC(=O)CCCCCCC/C=C\CCC)OC(=O)CCCCCCCCCCCCCCCCCCCCCCCCC. The van der Waals surface area contributed by atoms with Crippen LogP contribution in [0.15, 0.2) is 97.2 Å². The van der Waals surface area contributed by atoms with Crippen LogP contribution in [0.5, 0.6) is 0 Å². The van der Waals surface area contributed by atoms with Crippen LogP contribution in [0.25, 0.3) is 0 Å². The summed E-state index contributed by atoms with van der Waals surface area (Å²) in [6.45, 7) is 6.50. The molecule has 0 saturated heterocycles. The number of hydrogen-bond acceptors (Lipinski definition) is 6. The van der Waals surface area contributed by atoms with Crippen LogP contribution in [0.1, 0.15) is 348 Å². The molecule has 0 bridgehead atoms. The molecule has 0 aliphatic heterocycles. The number of rotatable bonds is 64. The van der Waals surface area contributed by atoms with Gasteiger partial charge in [0.1, 0.15) is 13.2 Å². The molecule has 0 saturated carbocycles. The lowest BCUT2D eigenvalue weighted by atomic mass is 10.0. The fraction of sp³-hybridized carbons (Fsp3) is 0.750. The number of ether oxygens (including phenoxy) is 3. The van der Waals surface area contributed by atoms with Crippen LogP contribution >= 0.6 is 0 Å². The van der Waals surface area contributed by atoms with Crippen LogP contribution < -0.4 is 0 Å². The summed E-state index contributed by atoms with van der Waals surface area (Å²) in [7, 11) is 0. The molecule has 6 nitrogen and oxygen atoms in total. The Morgan fingerprint density at radius 3 is 0.805 bits per heavy atom. The van der Waals surface area contributed by atoms with Gasteiger partial charge in [-0.05, 0) is 96.3 Å². The molecule has 0 aromatic rings. The molecule has 0 heterocycles. The zero-order chi connectivity index (χ0) is 59.2. The average molecular weight is 1140 g/mol. The lowest BCUT2D eigenvalue weighted by molar-refractivity contribution is -0.167. The van der Waals surface area contributed by atoms with Gasteiger partial charge in [0, 0.05) is 19.3 Å². The van der Waals surface area contributed by atoms with E-state index in [1.165, 1.54) is 186 Å². The number of carbonyl (C=O) groups is 3. The second-order valence-electron chi connectivity index (χ2n) is 23.4. The first kappa shape index (κ1) is 78.3. The van der Waals surface area contributed by atoms with Crippen molar-refractivity contribution in [3.8, 4) is 0 Å². The van der Waals surface area contributed by atoms with E-state index in [2.05, 4.69) is 118 Å². The minimum absolute atomic E-state index is 0.0801. The van der Waals surface area contributed by atoms with Gasteiger partial charge in [-0.15, -0.1) is 0 Å². The molecule has 0 rings (SSSR count). The average Bonchev–Trinajstić information content (AvgIpc) is 3.47. The van der Waals surface area contributed by atoms with Gasteiger partial charge in [-0.3, -0.25) is 14.4 Å². The van der Waals surface area contributed by atoms with E-state index in [1.54, 1.807) is 0 Å². The largest absolute Gasteiger partial charge is 0.462 e. The summed E-state index contributed by atoms with van der Waals surface area (Å²) in [5.74, 6) is -0.880. The van der Waals surface area contributed by atoms with Crippen LogP contribution in [-0.2, 0) is 28.6 Å². The highest BCUT2D eigenvalue weighted by molar-refractivity contribution is 5.71. The standard InChI is InChI=1S/C76H132O6/c1-4-7-10-13-16-19-22-24-26-28-30-32-34-35-36-37-38-39-40-41-43-44-46-48-50-52-54-57-60-63-66-69-75(78)81-72-73(71-80-74(77)68-65-62-59-56-21-18-15-12-9-6-3)82-76(79)70-67-64-61-58-55-53-51-49-47-45-42-33-31-29-27-25-23-20-17-14-11-8-5-2/h7,10,12,15-16,19,24,26,30,32,35-36,38-39,41,43,73H,4-6,8-9,11,13-14,17-18,20-23,25,27-29,31,33-34,37,40,42,44-72H2,1-3H3/b10-7-,15-12-,19-16-,26-24-,32-30-,36-35-,39-38-,43-41-. The third-order valence-electron chi connectivity index (χ3n) is 15.3. The van der Waals surface area contributed by atoms with Crippen LogP contribution in [0.2, 0.25) is 0 Å². The van der Waals surface area contributed by atoms with Gasteiger partial charge in [0.05, 0.1) is 0 Å². The van der Waals surface area contributed by atoms with Gasteiger partial charge < -0.3 is 14.2 Å². The number of hydrogen-bond donors (Lipinski definition) is 0. The maximum absolute atomic E-state index is 12.9. The van der Waals surface area contributed by atoms with E-state index < -0.39 is 6.10 Å². The summed E-state index contributed by atoms with van der Waals surface area (Å²) < 4.78 is 16.9. The topological polar surface area (TPSA) is 78.9 Å². The maximum Gasteiger partial charge on any atom is 0.306 e. The van der Waals surface area contributed by atoms with Gasteiger partial charge in [0.2, 0.25) is 0 Å². The Balaban J connectivity index is 4.20. The quantitative estimate of drug-likeness (QED) is 0.0261. The predicted molar refractivity (Wildman–Crippen MR) is 357 cm³/mol. The van der Waals surface area contributed by atoms with Gasteiger partial charge in [-0.25, -0.2) is 0 Å². The number of allylic oxidation sites excluding steroid dienone is 16. The summed E-state index contributed by atoms with van der Waals surface area (Å²) in [5, 5.41) is 0. The Kier molecular flexibility index (Phi) is 66.7. The van der Waals surface area contributed by atoms with Gasteiger partial charge in [-0.2, -0.15) is 0 Å². The highest BCUT2D eigenvalue weighted by Crippen LogP contribution is 2.18. The number of carbonyl (C=O) groups excluding carboxylic acids is 3. The zero-order valence-electron chi connectivity index (χ0n) is 54.2. The molecule has 0 aromatic heterocycles. The van der Waals surface area contributed by atoms with Crippen molar-refractivity contribution in [2.24, 2.45) is 0 Å². The molecular formula is C76H132O6. The van der Waals surface area contributed by atoms with Crippen molar-refractivity contribution < 1.29 is 28.6 Å². The Morgan fingerprint density at radius 1 is 0.256 bits per heavy atom. The van der Waals surface area contributed by atoms with Crippen molar-refractivity contribution in [1.29, 1.82) is 0 Å². The van der Waals surface area contributed by atoms with Crippen molar-refractivity contribution in [1.82, 2.24) is 0 Å². The van der Waals surface area contributed by atoms with Crippen molar-refractivity contribution in [3.63, 3.8) is 0 Å². The van der Waals surface area contributed by atoms with E-state index in [9.17, 15) is 14.4 Å². The molecule has 82 heavy (non-hydrogen) atoms. The molecular weight excluding hydrogens is 1010 g/mol. The summed E-state index contributed by atoms with van der Waals surface area (Å²) in [6.07, 6.45) is 94.5. The predicted octanol–water partition coefficient (Wildman–Crippen LogP) is 24.4. The third-order valence-corrected chi connectivity index (χ3v) is 15.3. The lowest BCUT2D eigenvalue weighted by Crippen LogP contribution is -2.30. The summed E-state index contributed by atoms with van der Waals surface area (Å²) in [4.78, 5) is 38.3. The molecule has 0 amide bonds. The number of unbranched alkanes of at least 4 members (excludes halogenated alkanes) is 37. The first-order valence-corrected chi connectivity index (χ1v) is 35.2. The Morgan fingerprint density at radius 2 is 0.500 bits per heavy atom. The van der Waals surface area contributed by atoms with Crippen molar-refractivity contribution in [2.45, 2.75) is 354 Å². The smallest absolute Gasteiger partial charge is 0.306 e. The molecule has 0 aromatic carbocycles. The second-order valence-corrected chi connectivity index (χ2v) is 23.4. The van der Waals surface area contributed by atoms with Gasteiger partial charge in [0.25, 0.3) is 0 Å². The molecule has 6 heteroatoms. The van der Waals surface area contributed by atoms with E-state index in [0.29, 0.717) is 19.3 Å². The summed E-state index contributed by atoms with van der Waals surface area (Å²) in [6, 6.07) is 0. The van der Waals surface area contributed by atoms with E-state index in [4.69, 9.17) is 14.2 Å². The summed E-state index contributed by atoms with van der Waals surface area (Å²) in [5.41, 5.74) is 0. The van der Waals surface area contributed by atoms with E-state index in [1.807, 2.05) is 0 Å². The first-order valence-electron chi connectivity index (χ1n) is 35.2. The molecule has 1 atom stereocenters. The third kappa shape index (κ3) is 67.1. The fourth-order valence-corrected chi connectivity index (χ4v) is 10.1. The molecule has 1 unspecified atom stereocenters. The number of esters is 3. The summed E-state index contributed by atoms with van der Waals surface area (Å²) >= 11 is 0. The second kappa shape index (κ2) is 69.8.